The monoisotopic (exact) mass is 250 g/mol. The molecule has 2 N–H and O–H groups in total. The number of nitrogens with one attached hydrogen (secondary N) is 2. The highest BCUT2D eigenvalue weighted by Gasteiger charge is 2.22. The first kappa shape index (κ1) is 13.9. The van der Waals surface area contributed by atoms with Crippen molar-refractivity contribution in [1.82, 2.24) is 10.0 Å². The quantitative estimate of drug-likeness (QED) is 0.693. The Bertz CT molecular complexity index is 286. The third-order valence-electron chi connectivity index (χ3n) is 2.85. The van der Waals surface area contributed by atoms with Gasteiger partial charge in [-0.05, 0) is 32.7 Å². The highest BCUT2D eigenvalue weighted by molar-refractivity contribution is 7.90. The van der Waals surface area contributed by atoms with E-state index in [0.29, 0.717) is 25.6 Å². The Balaban J connectivity index is 2.34. The largest absolute Gasteiger partial charge is 0.381 e. The van der Waals surface area contributed by atoms with E-state index >= 15 is 0 Å². The van der Waals surface area contributed by atoms with Gasteiger partial charge in [0, 0.05) is 19.7 Å². The predicted octanol–water partition coefficient (Wildman–Crippen LogP) is -0.0597. The Morgan fingerprint density at radius 3 is 2.81 bits per heavy atom. The van der Waals surface area contributed by atoms with Gasteiger partial charge in [0.2, 0.25) is 10.0 Å². The standard InChI is InChI=1S/C10H22N2O3S/c1-9(6-11-2)16(13,14)12-7-10-4-3-5-15-8-10/h9-12H,3-8H2,1-2H3. The molecule has 96 valence electrons. The lowest BCUT2D eigenvalue weighted by molar-refractivity contribution is 0.0567. The zero-order valence-electron chi connectivity index (χ0n) is 10.0. The van der Waals surface area contributed by atoms with E-state index in [0.717, 1.165) is 19.4 Å². The summed E-state index contributed by atoms with van der Waals surface area (Å²) in [5, 5.41) is 2.47. The summed E-state index contributed by atoms with van der Waals surface area (Å²) >= 11 is 0. The molecule has 5 nitrogen and oxygen atoms in total. The molecule has 0 amide bonds. The zero-order chi connectivity index (χ0) is 12.0. The molecule has 1 rings (SSSR count). The van der Waals surface area contributed by atoms with Crippen molar-refractivity contribution in [3.63, 3.8) is 0 Å². The van der Waals surface area contributed by atoms with Crippen LogP contribution < -0.4 is 10.0 Å². The van der Waals surface area contributed by atoms with Gasteiger partial charge in [-0.3, -0.25) is 0 Å². The first-order valence-electron chi connectivity index (χ1n) is 5.77. The minimum Gasteiger partial charge on any atom is -0.381 e. The summed E-state index contributed by atoms with van der Waals surface area (Å²) in [7, 11) is -1.44. The summed E-state index contributed by atoms with van der Waals surface area (Å²) in [5.41, 5.74) is 0. The van der Waals surface area contributed by atoms with Gasteiger partial charge < -0.3 is 10.1 Å². The lowest BCUT2D eigenvalue weighted by atomic mass is 10.0. The minimum atomic E-state index is -3.19. The second-order valence-electron chi connectivity index (χ2n) is 4.34. The molecule has 2 unspecified atom stereocenters. The molecule has 1 heterocycles. The summed E-state index contributed by atoms with van der Waals surface area (Å²) in [5.74, 6) is 0.324. The molecule has 0 aromatic rings. The summed E-state index contributed by atoms with van der Waals surface area (Å²) in [6.45, 7) is 4.14. The van der Waals surface area contributed by atoms with Crippen LogP contribution >= 0.6 is 0 Å². The zero-order valence-corrected chi connectivity index (χ0v) is 10.8. The third kappa shape index (κ3) is 4.37. The Morgan fingerprint density at radius 2 is 2.25 bits per heavy atom. The van der Waals surface area contributed by atoms with Crippen LogP contribution in [0.3, 0.4) is 0 Å². The van der Waals surface area contributed by atoms with Crippen molar-refractivity contribution in [3.8, 4) is 0 Å². The molecule has 0 aromatic carbocycles. The number of hydrogen-bond donors (Lipinski definition) is 2. The molecule has 1 fully saturated rings. The van der Waals surface area contributed by atoms with E-state index in [1.807, 2.05) is 0 Å². The number of sulfonamides is 1. The molecule has 0 aliphatic carbocycles. The van der Waals surface area contributed by atoms with Crippen molar-refractivity contribution in [2.45, 2.75) is 25.0 Å². The van der Waals surface area contributed by atoms with Crippen LogP contribution in [0.4, 0.5) is 0 Å². The van der Waals surface area contributed by atoms with E-state index in [2.05, 4.69) is 10.0 Å². The molecule has 0 radical (unpaired) electrons. The van der Waals surface area contributed by atoms with Crippen LogP contribution in [-0.4, -0.2) is 47.0 Å². The van der Waals surface area contributed by atoms with Gasteiger partial charge in [-0.2, -0.15) is 0 Å². The van der Waals surface area contributed by atoms with E-state index < -0.39 is 15.3 Å². The van der Waals surface area contributed by atoms with Gasteiger partial charge >= 0.3 is 0 Å². The van der Waals surface area contributed by atoms with Crippen molar-refractivity contribution in [2.24, 2.45) is 5.92 Å². The first-order chi connectivity index (χ1) is 7.56. The van der Waals surface area contributed by atoms with E-state index in [9.17, 15) is 8.42 Å². The Hall–Kier alpha value is -0.170. The number of hydrogen-bond acceptors (Lipinski definition) is 4. The van der Waals surface area contributed by atoms with Crippen LogP contribution in [0.2, 0.25) is 0 Å². The number of ether oxygens (including phenoxy) is 1. The summed E-state index contributed by atoms with van der Waals surface area (Å²) < 4.78 is 31.5. The van der Waals surface area contributed by atoms with Crippen LogP contribution in [0.5, 0.6) is 0 Å². The molecule has 16 heavy (non-hydrogen) atoms. The van der Waals surface area contributed by atoms with E-state index in [1.54, 1.807) is 14.0 Å². The van der Waals surface area contributed by atoms with Gasteiger partial charge in [-0.1, -0.05) is 0 Å². The van der Waals surface area contributed by atoms with E-state index in [-0.39, 0.29) is 0 Å². The van der Waals surface area contributed by atoms with E-state index in [1.165, 1.54) is 0 Å². The fourth-order valence-corrected chi connectivity index (χ4v) is 2.88. The van der Waals surface area contributed by atoms with Crippen LogP contribution in [0.15, 0.2) is 0 Å². The average molecular weight is 250 g/mol. The molecular formula is C10H22N2O3S. The van der Waals surface area contributed by atoms with Gasteiger partial charge in [0.05, 0.1) is 11.9 Å². The van der Waals surface area contributed by atoms with Gasteiger partial charge in [0.25, 0.3) is 0 Å². The van der Waals surface area contributed by atoms with Gasteiger partial charge in [-0.25, -0.2) is 13.1 Å². The van der Waals surface area contributed by atoms with Gasteiger partial charge in [-0.15, -0.1) is 0 Å². The normalized spacial score (nSPS) is 24.2. The van der Waals surface area contributed by atoms with Gasteiger partial charge in [0.15, 0.2) is 0 Å². The lowest BCUT2D eigenvalue weighted by Crippen LogP contribution is -2.41. The molecular weight excluding hydrogens is 228 g/mol. The van der Waals surface area contributed by atoms with Crippen LogP contribution in [0, 0.1) is 5.92 Å². The fraction of sp³-hybridized carbons (Fsp3) is 1.00. The Morgan fingerprint density at radius 1 is 1.50 bits per heavy atom. The molecule has 1 saturated heterocycles. The SMILES string of the molecule is CNCC(C)S(=O)(=O)NCC1CCCOC1. The molecule has 0 aromatic heterocycles. The first-order valence-corrected chi connectivity index (χ1v) is 7.31. The maximum Gasteiger partial charge on any atom is 0.215 e. The summed E-state index contributed by atoms with van der Waals surface area (Å²) in [6, 6.07) is 0. The topological polar surface area (TPSA) is 67.4 Å². The Labute approximate surface area is 98.0 Å². The highest BCUT2D eigenvalue weighted by Crippen LogP contribution is 2.12. The van der Waals surface area contributed by atoms with Crippen molar-refractivity contribution in [3.05, 3.63) is 0 Å². The van der Waals surface area contributed by atoms with Crippen LogP contribution in [-0.2, 0) is 14.8 Å². The maximum absolute atomic E-state index is 11.8. The molecule has 0 saturated carbocycles. The molecule has 1 aliphatic heterocycles. The molecule has 0 spiro atoms. The average Bonchev–Trinajstić information content (AvgIpc) is 2.28. The third-order valence-corrected chi connectivity index (χ3v) is 4.64. The minimum absolute atomic E-state index is 0.324. The smallest absolute Gasteiger partial charge is 0.215 e. The predicted molar refractivity (Wildman–Crippen MR) is 63.9 cm³/mol. The number of rotatable bonds is 6. The second-order valence-corrected chi connectivity index (χ2v) is 6.53. The van der Waals surface area contributed by atoms with Gasteiger partial charge in [0.1, 0.15) is 0 Å². The van der Waals surface area contributed by atoms with Crippen molar-refractivity contribution in [1.29, 1.82) is 0 Å². The van der Waals surface area contributed by atoms with E-state index in [4.69, 9.17) is 4.74 Å². The second kappa shape index (κ2) is 6.54. The van der Waals surface area contributed by atoms with Crippen molar-refractivity contribution >= 4 is 10.0 Å². The highest BCUT2D eigenvalue weighted by atomic mass is 32.2. The molecule has 6 heteroatoms. The van der Waals surface area contributed by atoms with Crippen LogP contribution in [0.25, 0.3) is 0 Å². The Kier molecular flexibility index (Phi) is 5.68. The fourth-order valence-electron chi connectivity index (χ4n) is 1.74. The summed E-state index contributed by atoms with van der Waals surface area (Å²) in [4.78, 5) is 0. The molecule has 1 aliphatic rings. The molecule has 2 atom stereocenters. The summed E-state index contributed by atoms with van der Waals surface area (Å²) in [6.07, 6.45) is 2.07. The van der Waals surface area contributed by atoms with Crippen molar-refractivity contribution < 1.29 is 13.2 Å². The maximum atomic E-state index is 11.8. The molecule has 0 bridgehead atoms. The van der Waals surface area contributed by atoms with Crippen molar-refractivity contribution in [2.75, 3.05) is 33.4 Å². The lowest BCUT2D eigenvalue weighted by Gasteiger charge is -2.23. The van der Waals surface area contributed by atoms with Crippen LogP contribution in [0.1, 0.15) is 19.8 Å².